The predicted molar refractivity (Wildman–Crippen MR) is 128 cm³/mol. The van der Waals surface area contributed by atoms with Crippen molar-refractivity contribution in [3.8, 4) is 10.6 Å². The largest absolute Gasteiger partial charge is 0.454 e. The second kappa shape index (κ2) is 10.4. The summed E-state index contributed by atoms with van der Waals surface area (Å²) in [5.41, 5.74) is 3.12. The van der Waals surface area contributed by atoms with E-state index in [9.17, 15) is 14.4 Å². The normalized spacial score (nSPS) is 10.9. The van der Waals surface area contributed by atoms with Crippen LogP contribution in [0.4, 0.5) is 0 Å². The first-order chi connectivity index (χ1) is 16.4. The Morgan fingerprint density at radius 1 is 1.15 bits per heavy atom. The number of ketones is 1. The third-order valence-corrected chi connectivity index (χ3v) is 6.13. The Balaban J connectivity index is 1.42. The summed E-state index contributed by atoms with van der Waals surface area (Å²) in [6, 6.07) is 12.6. The van der Waals surface area contributed by atoms with Gasteiger partial charge in [-0.15, -0.1) is 11.3 Å². The number of aromatic nitrogens is 2. The fraction of sp³-hybridized carbons (Fsp3) is 0.240. The van der Waals surface area contributed by atoms with E-state index in [4.69, 9.17) is 9.26 Å². The van der Waals surface area contributed by atoms with Crippen molar-refractivity contribution in [2.24, 2.45) is 0 Å². The van der Waals surface area contributed by atoms with Gasteiger partial charge in [-0.1, -0.05) is 35.5 Å². The van der Waals surface area contributed by atoms with E-state index in [2.05, 4.69) is 15.5 Å². The van der Waals surface area contributed by atoms with Crippen LogP contribution in [0, 0.1) is 6.92 Å². The Kier molecular flexibility index (Phi) is 7.12. The fourth-order valence-corrected chi connectivity index (χ4v) is 4.20. The van der Waals surface area contributed by atoms with Crippen molar-refractivity contribution in [1.82, 2.24) is 15.5 Å². The average Bonchev–Trinajstić information content (AvgIpc) is 3.50. The zero-order chi connectivity index (χ0) is 24.1. The highest BCUT2D eigenvalue weighted by Gasteiger charge is 2.21. The number of benzene rings is 1. The predicted octanol–water partition coefficient (Wildman–Crippen LogP) is 4.37. The van der Waals surface area contributed by atoms with Crippen molar-refractivity contribution >= 4 is 40.1 Å². The van der Waals surface area contributed by atoms with Crippen molar-refractivity contribution in [1.29, 1.82) is 0 Å². The number of amides is 1. The lowest BCUT2D eigenvalue weighted by atomic mass is 10.1. The monoisotopic (exact) mass is 477 g/mol. The summed E-state index contributed by atoms with van der Waals surface area (Å²) in [5, 5.41) is 9.06. The maximum absolute atomic E-state index is 12.9. The highest BCUT2D eigenvalue weighted by atomic mass is 32.1. The average molecular weight is 478 g/mol. The molecule has 1 amide bonds. The molecule has 0 aliphatic carbocycles. The molecule has 34 heavy (non-hydrogen) atoms. The molecule has 9 heteroatoms. The molecule has 0 spiro atoms. The molecule has 8 nitrogen and oxygen atoms in total. The summed E-state index contributed by atoms with van der Waals surface area (Å²) < 4.78 is 10.6. The van der Waals surface area contributed by atoms with Gasteiger partial charge in [0.2, 0.25) is 5.91 Å². The van der Waals surface area contributed by atoms with Crippen molar-refractivity contribution in [2.75, 3.05) is 13.2 Å². The SMILES string of the molecule is CC(=O)NCCCc1ccc(C(=O)COC(=O)c2cc(-c3cccs3)nc3onc(C)c23)cc1. The van der Waals surface area contributed by atoms with Gasteiger partial charge in [0.05, 0.1) is 27.2 Å². The third kappa shape index (κ3) is 5.37. The summed E-state index contributed by atoms with van der Waals surface area (Å²) in [4.78, 5) is 41.8. The summed E-state index contributed by atoms with van der Waals surface area (Å²) in [6.45, 7) is 3.43. The number of nitrogens with zero attached hydrogens (tertiary/aromatic N) is 2. The highest BCUT2D eigenvalue weighted by molar-refractivity contribution is 7.13. The molecule has 3 heterocycles. The first-order valence-electron chi connectivity index (χ1n) is 10.8. The van der Waals surface area contributed by atoms with Crippen LogP contribution in [0.3, 0.4) is 0 Å². The van der Waals surface area contributed by atoms with E-state index in [1.54, 1.807) is 25.1 Å². The molecular weight excluding hydrogens is 454 g/mol. The molecule has 4 rings (SSSR count). The van der Waals surface area contributed by atoms with Crippen molar-refractivity contribution in [2.45, 2.75) is 26.7 Å². The van der Waals surface area contributed by atoms with E-state index in [0.29, 0.717) is 28.9 Å². The van der Waals surface area contributed by atoms with Gasteiger partial charge in [0.1, 0.15) is 0 Å². The van der Waals surface area contributed by atoms with E-state index in [1.807, 2.05) is 29.6 Å². The first kappa shape index (κ1) is 23.3. The smallest absolute Gasteiger partial charge is 0.339 e. The summed E-state index contributed by atoms with van der Waals surface area (Å²) in [5.74, 6) is -0.992. The molecule has 0 aliphatic heterocycles. The molecular formula is C25H23N3O5S. The second-order valence-corrected chi connectivity index (χ2v) is 8.71. The van der Waals surface area contributed by atoms with Gasteiger partial charge in [-0.05, 0) is 42.8 Å². The minimum atomic E-state index is -0.639. The lowest BCUT2D eigenvalue weighted by molar-refractivity contribution is -0.118. The van der Waals surface area contributed by atoms with Crippen LogP contribution >= 0.6 is 11.3 Å². The molecule has 1 N–H and O–H groups in total. The maximum atomic E-state index is 12.9. The molecule has 0 bridgehead atoms. The Bertz CT molecular complexity index is 1330. The van der Waals surface area contributed by atoms with Crippen LogP contribution in [0.1, 0.15) is 45.3 Å². The number of rotatable bonds is 9. The number of ether oxygens (including phenoxy) is 1. The van der Waals surface area contributed by atoms with Crippen molar-refractivity contribution < 1.29 is 23.6 Å². The molecule has 174 valence electrons. The number of carbonyl (C=O) groups is 3. The Morgan fingerprint density at radius 2 is 1.94 bits per heavy atom. The van der Waals surface area contributed by atoms with E-state index in [-0.39, 0.29) is 29.6 Å². The van der Waals surface area contributed by atoms with Gasteiger partial charge < -0.3 is 14.6 Å². The fourth-order valence-electron chi connectivity index (χ4n) is 3.51. The Labute approximate surface area is 199 Å². The molecule has 0 fully saturated rings. The number of thiophene rings is 1. The number of aryl methyl sites for hydroxylation is 2. The van der Waals surface area contributed by atoms with Crippen LogP contribution in [0.25, 0.3) is 21.7 Å². The standard InChI is InChI=1S/C25H23N3O5S/c1-15-23-19(13-20(22-6-4-12-34-22)27-24(23)33-28-15)25(31)32-14-21(30)18-9-7-17(8-10-18)5-3-11-26-16(2)29/h4,6-10,12-13H,3,5,11,14H2,1-2H3,(H,26,29). The van der Waals surface area contributed by atoms with Crippen LogP contribution in [0.15, 0.2) is 52.4 Å². The lowest BCUT2D eigenvalue weighted by Gasteiger charge is -2.08. The quantitative estimate of drug-likeness (QED) is 0.216. The number of pyridine rings is 1. The van der Waals surface area contributed by atoms with E-state index < -0.39 is 5.97 Å². The molecule has 0 unspecified atom stereocenters. The molecule has 0 atom stereocenters. The van der Waals surface area contributed by atoms with Crippen LogP contribution in [0.2, 0.25) is 0 Å². The van der Waals surface area contributed by atoms with Crippen LogP contribution in [-0.4, -0.2) is 41.0 Å². The maximum Gasteiger partial charge on any atom is 0.339 e. The summed E-state index contributed by atoms with van der Waals surface area (Å²) in [6.07, 6.45) is 1.59. The molecule has 0 saturated carbocycles. The summed E-state index contributed by atoms with van der Waals surface area (Å²) >= 11 is 1.49. The second-order valence-electron chi connectivity index (χ2n) is 7.76. The van der Waals surface area contributed by atoms with Gasteiger partial charge >= 0.3 is 5.97 Å². The minimum absolute atomic E-state index is 0.0510. The number of fused-ring (bicyclic) bond motifs is 1. The van der Waals surface area contributed by atoms with Gasteiger partial charge in [-0.2, -0.15) is 0 Å². The van der Waals surface area contributed by atoms with Crippen LogP contribution < -0.4 is 5.32 Å². The van der Waals surface area contributed by atoms with Gasteiger partial charge in [0.25, 0.3) is 5.71 Å². The number of nitrogens with one attached hydrogen (secondary N) is 1. The number of carbonyl (C=O) groups excluding carboxylic acids is 3. The molecule has 0 aliphatic rings. The van der Waals surface area contributed by atoms with Crippen LogP contribution in [0.5, 0.6) is 0 Å². The molecule has 1 aromatic carbocycles. The van der Waals surface area contributed by atoms with E-state index in [1.165, 1.54) is 18.3 Å². The van der Waals surface area contributed by atoms with Gasteiger partial charge in [-0.25, -0.2) is 9.78 Å². The topological polar surface area (TPSA) is 111 Å². The molecule has 4 aromatic rings. The van der Waals surface area contributed by atoms with Crippen molar-refractivity contribution in [3.05, 3.63) is 70.2 Å². The zero-order valence-electron chi connectivity index (χ0n) is 18.8. The number of Topliss-reactive ketones (excluding diaryl/α,β-unsaturated/α-hetero) is 1. The Hall–Kier alpha value is -3.85. The highest BCUT2D eigenvalue weighted by Crippen LogP contribution is 2.29. The number of hydrogen-bond acceptors (Lipinski definition) is 8. The third-order valence-electron chi connectivity index (χ3n) is 5.24. The molecule has 0 radical (unpaired) electrons. The van der Waals surface area contributed by atoms with Gasteiger partial charge in [0.15, 0.2) is 12.4 Å². The van der Waals surface area contributed by atoms with E-state index >= 15 is 0 Å². The summed E-state index contributed by atoms with van der Waals surface area (Å²) in [7, 11) is 0. The minimum Gasteiger partial charge on any atom is -0.454 e. The molecule has 0 saturated heterocycles. The zero-order valence-corrected chi connectivity index (χ0v) is 19.6. The number of hydrogen-bond donors (Lipinski definition) is 1. The number of esters is 1. The first-order valence-corrected chi connectivity index (χ1v) is 11.6. The van der Waals surface area contributed by atoms with Crippen molar-refractivity contribution in [3.63, 3.8) is 0 Å². The van der Waals surface area contributed by atoms with E-state index in [0.717, 1.165) is 23.3 Å². The molecule has 3 aromatic heterocycles. The lowest BCUT2D eigenvalue weighted by Crippen LogP contribution is -2.21. The Morgan fingerprint density at radius 3 is 2.65 bits per heavy atom. The van der Waals surface area contributed by atoms with Gasteiger partial charge in [-0.3, -0.25) is 9.59 Å². The van der Waals surface area contributed by atoms with Gasteiger partial charge in [0, 0.05) is 19.0 Å². The van der Waals surface area contributed by atoms with Crippen LogP contribution in [-0.2, 0) is 16.0 Å².